The van der Waals surface area contributed by atoms with Gasteiger partial charge in [0.1, 0.15) is 0 Å². The third kappa shape index (κ3) is 4.78. The summed E-state index contributed by atoms with van der Waals surface area (Å²) in [5.41, 5.74) is 2.80. The first-order valence-electron chi connectivity index (χ1n) is 6.76. The zero-order valence-corrected chi connectivity index (χ0v) is 13.1. The predicted octanol–water partition coefficient (Wildman–Crippen LogP) is 3.30. The number of carbonyl (C=O) groups excluding carboxylic acids is 1. The Balaban J connectivity index is 2.86. The molecule has 0 aromatic heterocycles. The van der Waals surface area contributed by atoms with E-state index in [4.69, 9.17) is 0 Å². The number of amides is 1. The molecule has 2 N–H and O–H groups in total. The molecule has 4 heteroatoms. The van der Waals surface area contributed by atoms with Crippen molar-refractivity contribution in [3.8, 4) is 0 Å². The minimum atomic E-state index is 0.0110. The Bertz CT molecular complexity index is 421. The Kier molecular flexibility index (Phi) is 6.78. The molecule has 0 saturated heterocycles. The number of nitrogens with one attached hydrogen (secondary N) is 2. The van der Waals surface area contributed by atoms with Gasteiger partial charge in [0.25, 0.3) is 5.91 Å². The number of carbonyl (C=O) groups is 1. The summed E-state index contributed by atoms with van der Waals surface area (Å²) in [4.78, 5) is 12.3. The van der Waals surface area contributed by atoms with Crippen molar-refractivity contribution in [2.75, 3.05) is 23.9 Å². The topological polar surface area (TPSA) is 41.1 Å². The first kappa shape index (κ1) is 15.9. The van der Waals surface area contributed by atoms with Crippen LogP contribution in [-0.2, 0) is 0 Å². The third-order valence-corrected chi connectivity index (χ3v) is 3.72. The second kappa shape index (κ2) is 8.10. The van der Waals surface area contributed by atoms with Gasteiger partial charge < -0.3 is 10.6 Å². The van der Waals surface area contributed by atoms with Crippen LogP contribution in [0.3, 0.4) is 0 Å². The Hall–Kier alpha value is -1.16. The van der Waals surface area contributed by atoms with Gasteiger partial charge in [-0.05, 0) is 44.2 Å². The minimum Gasteiger partial charge on any atom is -0.385 e. The van der Waals surface area contributed by atoms with Gasteiger partial charge in [0.2, 0.25) is 0 Å². The Morgan fingerprint density at radius 1 is 1.37 bits per heavy atom. The van der Waals surface area contributed by atoms with E-state index in [-0.39, 0.29) is 11.9 Å². The van der Waals surface area contributed by atoms with Gasteiger partial charge in [-0.2, -0.15) is 11.8 Å². The Morgan fingerprint density at radius 3 is 2.68 bits per heavy atom. The average Bonchev–Trinajstić information content (AvgIpc) is 2.38. The van der Waals surface area contributed by atoms with Crippen molar-refractivity contribution in [3.05, 3.63) is 29.3 Å². The van der Waals surface area contributed by atoms with Gasteiger partial charge in [-0.1, -0.05) is 13.0 Å². The van der Waals surface area contributed by atoms with Crippen LogP contribution < -0.4 is 10.6 Å². The molecule has 0 aliphatic rings. The number of anilines is 1. The lowest BCUT2D eigenvalue weighted by Crippen LogP contribution is -2.36. The molecule has 0 radical (unpaired) electrons. The summed E-state index contributed by atoms with van der Waals surface area (Å²) in [5.74, 6) is 0.960. The van der Waals surface area contributed by atoms with Gasteiger partial charge in [0.15, 0.2) is 0 Å². The maximum atomic E-state index is 12.3. The SMILES string of the molecule is CCNc1cc(C)ccc1C(=O)NC(CC)CSC. The van der Waals surface area contributed by atoms with Crippen molar-refractivity contribution in [1.29, 1.82) is 0 Å². The number of hydrogen-bond acceptors (Lipinski definition) is 3. The zero-order chi connectivity index (χ0) is 14.3. The van der Waals surface area contributed by atoms with Crippen molar-refractivity contribution in [2.24, 2.45) is 0 Å². The van der Waals surface area contributed by atoms with Crippen LogP contribution in [0.25, 0.3) is 0 Å². The second-order valence-corrected chi connectivity index (χ2v) is 5.52. The molecule has 0 aliphatic heterocycles. The highest BCUT2D eigenvalue weighted by atomic mass is 32.2. The van der Waals surface area contributed by atoms with E-state index in [1.54, 1.807) is 11.8 Å². The summed E-state index contributed by atoms with van der Waals surface area (Å²) in [6, 6.07) is 6.13. The fourth-order valence-corrected chi connectivity index (χ4v) is 2.64. The summed E-state index contributed by atoms with van der Waals surface area (Å²) in [5, 5.41) is 6.36. The molecule has 19 heavy (non-hydrogen) atoms. The number of aryl methyl sites for hydroxylation is 1. The van der Waals surface area contributed by atoms with Crippen LogP contribution in [0.1, 0.15) is 36.2 Å². The van der Waals surface area contributed by atoms with Gasteiger partial charge in [0.05, 0.1) is 5.56 Å². The quantitative estimate of drug-likeness (QED) is 0.805. The number of rotatable bonds is 7. The van der Waals surface area contributed by atoms with Crippen LogP contribution in [0.4, 0.5) is 5.69 Å². The molecule has 0 spiro atoms. The van der Waals surface area contributed by atoms with Crippen molar-refractivity contribution >= 4 is 23.4 Å². The van der Waals surface area contributed by atoms with Crippen molar-refractivity contribution in [2.45, 2.75) is 33.2 Å². The normalized spacial score (nSPS) is 12.0. The number of thioether (sulfide) groups is 1. The fraction of sp³-hybridized carbons (Fsp3) is 0.533. The lowest BCUT2D eigenvalue weighted by molar-refractivity contribution is 0.0941. The van der Waals surface area contributed by atoms with E-state index in [1.165, 1.54) is 0 Å². The predicted molar refractivity (Wildman–Crippen MR) is 85.3 cm³/mol. The van der Waals surface area contributed by atoms with Gasteiger partial charge in [0, 0.05) is 24.0 Å². The number of benzene rings is 1. The molecule has 1 aromatic carbocycles. The summed E-state index contributed by atoms with van der Waals surface area (Å²) in [6.45, 7) is 6.98. The molecule has 0 aliphatic carbocycles. The smallest absolute Gasteiger partial charge is 0.253 e. The molecule has 1 amide bonds. The maximum absolute atomic E-state index is 12.3. The van der Waals surface area contributed by atoms with Crippen LogP contribution in [0.5, 0.6) is 0 Å². The van der Waals surface area contributed by atoms with Crippen LogP contribution in [0, 0.1) is 6.92 Å². The highest BCUT2D eigenvalue weighted by Gasteiger charge is 2.15. The summed E-state index contributed by atoms with van der Waals surface area (Å²) >= 11 is 1.76. The fourth-order valence-electron chi connectivity index (χ4n) is 1.92. The largest absolute Gasteiger partial charge is 0.385 e. The van der Waals surface area contributed by atoms with E-state index in [2.05, 4.69) is 23.8 Å². The molecule has 1 rings (SSSR count). The third-order valence-electron chi connectivity index (χ3n) is 2.98. The Morgan fingerprint density at radius 2 is 2.11 bits per heavy atom. The molecule has 1 unspecified atom stereocenters. The highest BCUT2D eigenvalue weighted by Crippen LogP contribution is 2.18. The molecule has 3 nitrogen and oxygen atoms in total. The van der Waals surface area contributed by atoms with Crippen LogP contribution >= 0.6 is 11.8 Å². The molecule has 0 saturated carbocycles. The van der Waals surface area contributed by atoms with Crippen LogP contribution in [-0.4, -0.2) is 30.5 Å². The summed E-state index contributed by atoms with van der Waals surface area (Å²) in [7, 11) is 0. The van der Waals surface area contributed by atoms with E-state index in [0.717, 1.165) is 35.5 Å². The van der Waals surface area contributed by atoms with Crippen LogP contribution in [0.15, 0.2) is 18.2 Å². The van der Waals surface area contributed by atoms with Gasteiger partial charge in [-0.25, -0.2) is 0 Å². The standard InChI is InChI=1S/C15H24N2OS/c1-5-12(10-19-4)17-15(18)13-8-7-11(3)9-14(13)16-6-2/h7-9,12,16H,5-6,10H2,1-4H3,(H,17,18). The van der Waals surface area contributed by atoms with E-state index in [9.17, 15) is 4.79 Å². The first-order chi connectivity index (χ1) is 9.12. The van der Waals surface area contributed by atoms with E-state index >= 15 is 0 Å². The molecule has 1 aromatic rings. The van der Waals surface area contributed by atoms with Gasteiger partial charge >= 0.3 is 0 Å². The lowest BCUT2D eigenvalue weighted by Gasteiger charge is -2.18. The van der Waals surface area contributed by atoms with Crippen molar-refractivity contribution in [3.63, 3.8) is 0 Å². The van der Waals surface area contributed by atoms with Crippen molar-refractivity contribution in [1.82, 2.24) is 5.32 Å². The number of hydrogen-bond donors (Lipinski definition) is 2. The second-order valence-electron chi connectivity index (χ2n) is 4.61. The summed E-state index contributed by atoms with van der Waals surface area (Å²) in [6.07, 6.45) is 3.01. The monoisotopic (exact) mass is 280 g/mol. The van der Waals surface area contributed by atoms with Gasteiger partial charge in [-0.3, -0.25) is 4.79 Å². The van der Waals surface area contributed by atoms with Gasteiger partial charge in [-0.15, -0.1) is 0 Å². The zero-order valence-electron chi connectivity index (χ0n) is 12.2. The molecule has 0 fully saturated rings. The Labute approximate surface area is 120 Å². The van der Waals surface area contributed by atoms with E-state index in [1.807, 2.05) is 32.0 Å². The minimum absolute atomic E-state index is 0.0110. The molecule has 106 valence electrons. The van der Waals surface area contributed by atoms with Crippen molar-refractivity contribution < 1.29 is 4.79 Å². The highest BCUT2D eigenvalue weighted by molar-refractivity contribution is 7.98. The molecule has 0 heterocycles. The molecular formula is C15H24N2OS. The molecule has 0 bridgehead atoms. The van der Waals surface area contributed by atoms with E-state index in [0.29, 0.717) is 0 Å². The first-order valence-corrected chi connectivity index (χ1v) is 8.16. The van der Waals surface area contributed by atoms with E-state index < -0.39 is 0 Å². The summed E-state index contributed by atoms with van der Waals surface area (Å²) < 4.78 is 0. The average molecular weight is 280 g/mol. The molecular weight excluding hydrogens is 256 g/mol. The maximum Gasteiger partial charge on any atom is 0.253 e. The molecule has 1 atom stereocenters. The van der Waals surface area contributed by atoms with Crippen LogP contribution in [0.2, 0.25) is 0 Å². The lowest BCUT2D eigenvalue weighted by atomic mass is 10.1.